The number of rotatable bonds is 5. The van der Waals surface area contributed by atoms with Gasteiger partial charge in [0.2, 0.25) is 0 Å². The number of nitrogens with zero attached hydrogens (tertiary/aromatic N) is 2. The first-order valence-electron chi connectivity index (χ1n) is 9.73. The normalized spacial score (nSPS) is 25.5. The molecule has 1 heterocycles. The predicted octanol–water partition coefficient (Wildman–Crippen LogP) is 3.45. The topological polar surface area (TPSA) is 64.3 Å². The Hall–Kier alpha value is -1.98. The highest BCUT2D eigenvalue weighted by molar-refractivity contribution is 5.79. The molecule has 0 amide bonds. The van der Waals surface area contributed by atoms with Crippen LogP contribution in [0.3, 0.4) is 0 Å². The van der Waals surface area contributed by atoms with Crippen molar-refractivity contribution in [3.8, 4) is 11.1 Å². The molecule has 1 aliphatic rings. The van der Waals surface area contributed by atoms with Crippen molar-refractivity contribution in [2.24, 2.45) is 11.8 Å². The van der Waals surface area contributed by atoms with Crippen molar-refractivity contribution in [3.05, 3.63) is 41.7 Å². The van der Waals surface area contributed by atoms with Crippen molar-refractivity contribution in [2.75, 3.05) is 13.7 Å². The highest BCUT2D eigenvalue weighted by atomic mass is 16.5. The number of benzene rings is 1. The van der Waals surface area contributed by atoms with Gasteiger partial charge in [-0.25, -0.2) is 0 Å². The predicted molar refractivity (Wildman–Crippen MR) is 106 cm³/mol. The number of hydrogen-bond acceptors (Lipinski definition) is 4. The number of carbonyl (C=O) groups excluding carboxylic acids is 1. The summed E-state index contributed by atoms with van der Waals surface area (Å²) in [6.45, 7) is 7.17. The third-order valence-corrected chi connectivity index (χ3v) is 5.94. The maximum Gasteiger partial charge on any atom is 0.133 e. The van der Waals surface area contributed by atoms with E-state index in [1.54, 1.807) is 14.0 Å². The lowest BCUT2D eigenvalue weighted by molar-refractivity contribution is -0.122. The number of aliphatic hydroxyl groups excluding tert-OH is 1. The third-order valence-electron chi connectivity index (χ3n) is 5.94. The molecule has 4 unspecified atom stereocenters. The number of ketones is 1. The maximum absolute atomic E-state index is 12.2. The van der Waals surface area contributed by atoms with Crippen molar-refractivity contribution < 1.29 is 14.6 Å². The van der Waals surface area contributed by atoms with E-state index in [9.17, 15) is 9.90 Å². The van der Waals surface area contributed by atoms with Crippen molar-refractivity contribution in [1.29, 1.82) is 0 Å². The second-order valence-electron chi connectivity index (χ2n) is 7.89. The smallest absolute Gasteiger partial charge is 0.133 e. The monoisotopic (exact) mass is 370 g/mol. The first-order valence-corrected chi connectivity index (χ1v) is 9.73. The van der Waals surface area contributed by atoms with E-state index < -0.39 is 6.10 Å². The van der Waals surface area contributed by atoms with E-state index in [4.69, 9.17) is 4.74 Å². The minimum atomic E-state index is -0.449. The molecule has 0 fully saturated rings. The van der Waals surface area contributed by atoms with Gasteiger partial charge in [0.25, 0.3) is 0 Å². The van der Waals surface area contributed by atoms with Crippen molar-refractivity contribution >= 4 is 5.78 Å². The standard InChI is InChI=1S/C22H30N2O3/c1-14-9-18-10-17(19-12-23-24(13-19)7-8-27-4)5-6-20(18)15(2)21(16(3)25)11-22(14)26/h5-6,10,12-15,21-22,26H,7-9,11H2,1-4H3. The van der Waals surface area contributed by atoms with Crippen LogP contribution in [0, 0.1) is 11.8 Å². The number of aliphatic hydroxyl groups is 1. The van der Waals surface area contributed by atoms with E-state index in [2.05, 4.69) is 37.1 Å². The molecule has 5 nitrogen and oxygen atoms in total. The third kappa shape index (κ3) is 4.30. The average molecular weight is 370 g/mol. The van der Waals surface area contributed by atoms with Crippen LogP contribution in [0.1, 0.15) is 44.2 Å². The van der Waals surface area contributed by atoms with Crippen LogP contribution in [0.2, 0.25) is 0 Å². The Morgan fingerprint density at radius 1 is 1.33 bits per heavy atom. The lowest BCUT2D eigenvalue weighted by Crippen LogP contribution is -2.31. The number of methoxy groups -OCH3 is 1. The van der Waals surface area contributed by atoms with Crippen LogP contribution in [-0.2, 0) is 22.5 Å². The molecule has 4 atom stereocenters. The Labute approximate surface area is 161 Å². The van der Waals surface area contributed by atoms with Gasteiger partial charge < -0.3 is 9.84 Å². The molecule has 0 aliphatic heterocycles. The number of fused-ring (bicyclic) bond motifs is 1. The van der Waals surface area contributed by atoms with Gasteiger partial charge in [0.1, 0.15) is 5.78 Å². The van der Waals surface area contributed by atoms with Crippen molar-refractivity contribution in [3.63, 3.8) is 0 Å². The van der Waals surface area contributed by atoms with E-state index in [1.165, 1.54) is 11.1 Å². The first-order chi connectivity index (χ1) is 12.9. The van der Waals surface area contributed by atoms with Crippen LogP contribution in [0.15, 0.2) is 30.6 Å². The van der Waals surface area contributed by atoms with Gasteiger partial charge in [0.05, 0.1) is 25.5 Å². The van der Waals surface area contributed by atoms with Gasteiger partial charge in [0, 0.05) is 24.8 Å². The summed E-state index contributed by atoms with van der Waals surface area (Å²) in [5, 5.41) is 14.9. The zero-order valence-corrected chi connectivity index (χ0v) is 16.7. The summed E-state index contributed by atoms with van der Waals surface area (Å²) < 4.78 is 7.00. The summed E-state index contributed by atoms with van der Waals surface area (Å²) in [4.78, 5) is 12.2. The van der Waals surface area contributed by atoms with Crippen molar-refractivity contribution in [1.82, 2.24) is 9.78 Å². The zero-order valence-electron chi connectivity index (χ0n) is 16.7. The summed E-state index contributed by atoms with van der Waals surface area (Å²) in [7, 11) is 1.69. The molecule has 1 aromatic carbocycles. The lowest BCUT2D eigenvalue weighted by atomic mass is 9.73. The minimum absolute atomic E-state index is 0.109. The van der Waals surface area contributed by atoms with Gasteiger partial charge in [-0.3, -0.25) is 9.48 Å². The minimum Gasteiger partial charge on any atom is -0.393 e. The fourth-order valence-electron chi connectivity index (χ4n) is 4.14. The summed E-state index contributed by atoms with van der Waals surface area (Å²) in [5.41, 5.74) is 4.64. The average Bonchev–Trinajstić information content (AvgIpc) is 3.11. The second kappa shape index (κ2) is 8.36. The van der Waals surface area contributed by atoms with Crippen LogP contribution < -0.4 is 0 Å². The molecule has 2 aromatic rings. The molecule has 0 bridgehead atoms. The van der Waals surface area contributed by atoms with E-state index in [-0.39, 0.29) is 23.5 Å². The van der Waals surface area contributed by atoms with Gasteiger partial charge >= 0.3 is 0 Å². The van der Waals surface area contributed by atoms with Crippen LogP contribution in [0.25, 0.3) is 11.1 Å². The SMILES string of the molecule is COCCn1cc(-c2ccc3c(c2)CC(C)C(O)CC(C(C)=O)C3C)cn1. The number of aromatic nitrogens is 2. The van der Waals surface area contributed by atoms with Gasteiger partial charge in [0.15, 0.2) is 0 Å². The second-order valence-corrected chi connectivity index (χ2v) is 7.89. The molecular weight excluding hydrogens is 340 g/mol. The quantitative estimate of drug-likeness (QED) is 0.876. The van der Waals surface area contributed by atoms with Crippen LogP contribution in [0.5, 0.6) is 0 Å². The Kier molecular flexibility index (Phi) is 6.12. The molecule has 3 rings (SSSR count). The maximum atomic E-state index is 12.2. The van der Waals surface area contributed by atoms with Gasteiger partial charge in [-0.1, -0.05) is 32.0 Å². The Morgan fingerprint density at radius 3 is 2.81 bits per heavy atom. The Bertz CT molecular complexity index is 799. The zero-order chi connectivity index (χ0) is 19.6. The summed E-state index contributed by atoms with van der Waals surface area (Å²) in [6.07, 6.45) is 4.82. The molecule has 0 saturated heterocycles. The summed E-state index contributed by atoms with van der Waals surface area (Å²) in [6, 6.07) is 6.48. The Balaban J connectivity index is 1.95. The van der Waals surface area contributed by atoms with E-state index >= 15 is 0 Å². The van der Waals surface area contributed by atoms with Crippen LogP contribution in [0.4, 0.5) is 0 Å². The lowest BCUT2D eigenvalue weighted by Gasteiger charge is -2.32. The fourth-order valence-corrected chi connectivity index (χ4v) is 4.14. The fraction of sp³-hybridized carbons (Fsp3) is 0.545. The molecule has 0 spiro atoms. The molecule has 146 valence electrons. The van der Waals surface area contributed by atoms with Crippen LogP contribution >= 0.6 is 0 Å². The van der Waals surface area contributed by atoms with Crippen molar-refractivity contribution in [2.45, 2.75) is 52.2 Å². The molecule has 0 saturated carbocycles. The molecule has 5 heteroatoms. The van der Waals surface area contributed by atoms with Gasteiger partial charge in [-0.2, -0.15) is 5.10 Å². The number of ether oxygens (including phenoxy) is 1. The summed E-state index contributed by atoms with van der Waals surface area (Å²) >= 11 is 0. The van der Waals surface area contributed by atoms with Crippen LogP contribution in [-0.4, -0.2) is 40.5 Å². The van der Waals surface area contributed by atoms with Gasteiger partial charge in [-0.15, -0.1) is 0 Å². The molecule has 1 aromatic heterocycles. The van der Waals surface area contributed by atoms with E-state index in [0.717, 1.165) is 24.1 Å². The Morgan fingerprint density at radius 2 is 2.11 bits per heavy atom. The van der Waals surface area contributed by atoms with E-state index in [1.807, 2.05) is 17.1 Å². The number of carbonyl (C=O) groups is 1. The van der Waals surface area contributed by atoms with E-state index in [0.29, 0.717) is 13.0 Å². The molecule has 1 N–H and O–H groups in total. The first kappa shape index (κ1) is 19.8. The number of hydrogen-bond donors (Lipinski definition) is 1. The molecule has 27 heavy (non-hydrogen) atoms. The largest absolute Gasteiger partial charge is 0.393 e. The summed E-state index contributed by atoms with van der Waals surface area (Å²) in [5.74, 6) is 0.255. The van der Waals surface area contributed by atoms with Gasteiger partial charge in [-0.05, 0) is 48.3 Å². The highest BCUT2D eigenvalue weighted by Gasteiger charge is 2.32. The highest BCUT2D eigenvalue weighted by Crippen LogP contribution is 2.37. The molecular formula is C22H30N2O3. The molecule has 1 aliphatic carbocycles. The number of Topliss-reactive ketones (excluding diaryl/α,β-unsaturated/α-hetero) is 1. The molecule has 0 radical (unpaired) electrons.